The molecule has 0 aliphatic heterocycles. The lowest BCUT2D eigenvalue weighted by Crippen LogP contribution is -2.35. The zero-order chi connectivity index (χ0) is 16.2. The van der Waals surface area contributed by atoms with Gasteiger partial charge in [-0.2, -0.15) is 0 Å². The van der Waals surface area contributed by atoms with Crippen molar-refractivity contribution in [2.24, 2.45) is 5.92 Å². The van der Waals surface area contributed by atoms with E-state index >= 15 is 0 Å². The molecule has 7 heteroatoms. The first-order valence-electron chi connectivity index (χ1n) is 6.63. The van der Waals surface area contributed by atoms with Crippen LogP contribution in [0.5, 0.6) is 5.75 Å². The summed E-state index contributed by atoms with van der Waals surface area (Å²) in [4.78, 5) is 12.1. The molecule has 0 fully saturated rings. The minimum atomic E-state index is -3.49. The number of ether oxygens (including phenoxy) is 1. The molecular weight excluding hydrogens is 292 g/mol. The Labute approximate surface area is 125 Å². The Morgan fingerprint density at radius 1 is 1.33 bits per heavy atom. The highest BCUT2D eigenvalue weighted by Crippen LogP contribution is 2.27. The highest BCUT2D eigenvalue weighted by molar-refractivity contribution is 7.92. The van der Waals surface area contributed by atoms with E-state index < -0.39 is 21.0 Å². The molecule has 1 rings (SSSR count). The van der Waals surface area contributed by atoms with Crippen LogP contribution in [0.3, 0.4) is 0 Å². The summed E-state index contributed by atoms with van der Waals surface area (Å²) in [5.41, 5.74) is 6.46. The van der Waals surface area contributed by atoms with Crippen molar-refractivity contribution in [3.8, 4) is 5.75 Å². The molecule has 118 valence electrons. The average Bonchev–Trinajstić information content (AvgIpc) is 2.36. The largest absolute Gasteiger partial charge is 0.495 e. The molecule has 1 atom stereocenters. The maximum absolute atomic E-state index is 12.1. The molecule has 0 bridgehead atoms. The molecule has 21 heavy (non-hydrogen) atoms. The van der Waals surface area contributed by atoms with Crippen LogP contribution in [0.15, 0.2) is 18.2 Å². The van der Waals surface area contributed by atoms with E-state index in [1.807, 2.05) is 0 Å². The van der Waals surface area contributed by atoms with Gasteiger partial charge < -0.3 is 15.8 Å². The Morgan fingerprint density at radius 2 is 1.95 bits per heavy atom. The molecule has 0 spiro atoms. The number of benzene rings is 1. The zero-order valence-corrected chi connectivity index (χ0v) is 13.5. The number of sulfone groups is 1. The van der Waals surface area contributed by atoms with Crippen molar-refractivity contribution in [1.29, 1.82) is 0 Å². The lowest BCUT2D eigenvalue weighted by Gasteiger charge is -2.16. The summed E-state index contributed by atoms with van der Waals surface area (Å²) in [7, 11) is -2.03. The monoisotopic (exact) mass is 314 g/mol. The normalized spacial score (nSPS) is 13.0. The van der Waals surface area contributed by atoms with Crippen LogP contribution < -0.4 is 15.8 Å². The smallest absolute Gasteiger partial charge is 0.242 e. The maximum atomic E-state index is 12.1. The molecular formula is C14H22N2O4S. The number of methoxy groups -OCH3 is 1. The van der Waals surface area contributed by atoms with Crippen LogP contribution in [0.1, 0.15) is 20.8 Å². The van der Waals surface area contributed by atoms with E-state index in [9.17, 15) is 13.2 Å². The Balaban J connectivity index is 2.93. The van der Waals surface area contributed by atoms with Crippen LogP contribution >= 0.6 is 0 Å². The fourth-order valence-electron chi connectivity index (χ4n) is 1.83. The molecule has 1 amide bonds. The molecule has 1 unspecified atom stereocenters. The second-order valence-electron chi connectivity index (χ2n) is 5.31. The number of hydrogen-bond donors (Lipinski definition) is 2. The number of carbonyl (C=O) groups is 1. The fraction of sp³-hybridized carbons (Fsp3) is 0.500. The standard InChI is InChI=1S/C14H22N2O4S/c1-9(2)8-21(18,19)10(3)14(17)16-12-7-11(15)5-6-13(12)20-4/h5-7,9-10H,8,15H2,1-4H3,(H,16,17). The van der Waals surface area contributed by atoms with Crippen LogP contribution in [0, 0.1) is 5.92 Å². The third kappa shape index (κ3) is 4.63. The van der Waals surface area contributed by atoms with Crippen molar-refractivity contribution in [3.05, 3.63) is 18.2 Å². The summed E-state index contributed by atoms with van der Waals surface area (Å²) in [6, 6.07) is 4.77. The SMILES string of the molecule is COc1ccc(N)cc1NC(=O)C(C)S(=O)(=O)CC(C)C. The van der Waals surface area contributed by atoms with Crippen molar-refractivity contribution in [3.63, 3.8) is 0 Å². The highest BCUT2D eigenvalue weighted by Gasteiger charge is 2.29. The Morgan fingerprint density at radius 3 is 2.48 bits per heavy atom. The van der Waals surface area contributed by atoms with Gasteiger partial charge in [0.2, 0.25) is 5.91 Å². The summed E-state index contributed by atoms with van der Waals surface area (Å²) in [5, 5.41) is 1.43. The first kappa shape index (κ1) is 17.3. The molecule has 0 heterocycles. The second kappa shape index (κ2) is 6.80. The molecule has 6 nitrogen and oxygen atoms in total. The van der Waals surface area contributed by atoms with E-state index in [0.717, 1.165) is 0 Å². The third-order valence-electron chi connectivity index (χ3n) is 2.95. The maximum Gasteiger partial charge on any atom is 0.242 e. The number of amides is 1. The Bertz CT molecular complexity index is 611. The number of rotatable bonds is 6. The van der Waals surface area contributed by atoms with E-state index in [2.05, 4.69) is 5.32 Å². The highest BCUT2D eigenvalue weighted by atomic mass is 32.2. The molecule has 1 aromatic rings. The minimum absolute atomic E-state index is 0.0321. The van der Waals surface area contributed by atoms with E-state index in [-0.39, 0.29) is 11.7 Å². The first-order chi connectivity index (χ1) is 9.67. The predicted molar refractivity (Wildman–Crippen MR) is 84.1 cm³/mol. The van der Waals surface area contributed by atoms with Crippen LogP contribution in [0.2, 0.25) is 0 Å². The Kier molecular flexibility index (Phi) is 5.60. The lowest BCUT2D eigenvalue weighted by molar-refractivity contribution is -0.115. The molecule has 0 saturated carbocycles. The average molecular weight is 314 g/mol. The summed E-state index contributed by atoms with van der Waals surface area (Å²) in [5.74, 6) is -0.243. The lowest BCUT2D eigenvalue weighted by atomic mass is 10.2. The van der Waals surface area contributed by atoms with Gasteiger partial charge in [0, 0.05) is 5.69 Å². The van der Waals surface area contributed by atoms with Gasteiger partial charge in [-0.25, -0.2) is 8.42 Å². The van der Waals surface area contributed by atoms with Crippen LogP contribution in [0.25, 0.3) is 0 Å². The van der Waals surface area contributed by atoms with E-state index in [1.165, 1.54) is 20.1 Å². The minimum Gasteiger partial charge on any atom is -0.495 e. The summed E-state index contributed by atoms with van der Waals surface area (Å²) in [6.45, 7) is 4.97. The zero-order valence-electron chi connectivity index (χ0n) is 12.7. The molecule has 3 N–H and O–H groups in total. The Hall–Kier alpha value is -1.76. The molecule has 0 aliphatic rings. The topological polar surface area (TPSA) is 98.5 Å². The van der Waals surface area contributed by atoms with Gasteiger partial charge in [-0.05, 0) is 31.0 Å². The number of nitrogen functional groups attached to an aromatic ring is 1. The molecule has 0 saturated heterocycles. The van der Waals surface area contributed by atoms with Gasteiger partial charge in [0.25, 0.3) is 0 Å². The van der Waals surface area contributed by atoms with Crippen molar-refractivity contribution in [2.75, 3.05) is 23.9 Å². The molecule has 0 aromatic heterocycles. The van der Waals surface area contributed by atoms with Gasteiger partial charge in [0.1, 0.15) is 11.0 Å². The number of anilines is 2. The molecule has 0 radical (unpaired) electrons. The number of nitrogens with two attached hydrogens (primary N) is 1. The van der Waals surface area contributed by atoms with Gasteiger partial charge >= 0.3 is 0 Å². The van der Waals surface area contributed by atoms with Gasteiger partial charge in [-0.1, -0.05) is 13.8 Å². The predicted octanol–water partition coefficient (Wildman–Crippen LogP) is 1.68. The van der Waals surface area contributed by atoms with Gasteiger partial charge in [-0.3, -0.25) is 4.79 Å². The quantitative estimate of drug-likeness (QED) is 0.778. The van der Waals surface area contributed by atoms with E-state index in [4.69, 9.17) is 10.5 Å². The van der Waals surface area contributed by atoms with Crippen molar-refractivity contribution in [1.82, 2.24) is 0 Å². The molecule has 1 aromatic carbocycles. The van der Waals surface area contributed by atoms with Crippen molar-refractivity contribution < 1.29 is 17.9 Å². The van der Waals surface area contributed by atoms with Crippen LogP contribution in [0.4, 0.5) is 11.4 Å². The van der Waals surface area contributed by atoms with Crippen LogP contribution in [-0.2, 0) is 14.6 Å². The van der Waals surface area contributed by atoms with Crippen molar-refractivity contribution >= 4 is 27.1 Å². The summed E-state index contributed by atoms with van der Waals surface area (Å²) in [6.07, 6.45) is 0. The number of hydrogen-bond acceptors (Lipinski definition) is 5. The summed E-state index contributed by atoms with van der Waals surface area (Å²) < 4.78 is 29.3. The third-order valence-corrected chi connectivity index (χ3v) is 5.38. The van der Waals surface area contributed by atoms with E-state index in [1.54, 1.807) is 26.0 Å². The first-order valence-corrected chi connectivity index (χ1v) is 8.35. The van der Waals surface area contributed by atoms with Gasteiger partial charge in [0.05, 0.1) is 18.6 Å². The fourth-order valence-corrected chi connectivity index (χ4v) is 3.43. The summed E-state index contributed by atoms with van der Waals surface area (Å²) >= 11 is 0. The molecule has 0 aliphatic carbocycles. The number of nitrogens with one attached hydrogen (secondary N) is 1. The van der Waals surface area contributed by atoms with E-state index in [0.29, 0.717) is 17.1 Å². The van der Waals surface area contributed by atoms with Gasteiger partial charge in [-0.15, -0.1) is 0 Å². The van der Waals surface area contributed by atoms with Crippen LogP contribution in [-0.4, -0.2) is 32.4 Å². The van der Waals surface area contributed by atoms with Crippen molar-refractivity contribution in [2.45, 2.75) is 26.0 Å². The van der Waals surface area contributed by atoms with Gasteiger partial charge in [0.15, 0.2) is 9.84 Å². The number of carbonyl (C=O) groups excluding carboxylic acids is 1. The second-order valence-corrected chi connectivity index (χ2v) is 7.68.